The molecular weight excluding hydrogens is 563 g/mol. The van der Waals surface area contributed by atoms with Gasteiger partial charge in [0.1, 0.15) is 17.1 Å². The first-order chi connectivity index (χ1) is 20.6. The van der Waals surface area contributed by atoms with Crippen LogP contribution in [0.15, 0.2) is 24.4 Å². The maximum atomic E-state index is 14.0. The van der Waals surface area contributed by atoms with Crippen LogP contribution in [0.5, 0.6) is 5.75 Å². The largest absolute Gasteiger partial charge is 0.495 e. The van der Waals surface area contributed by atoms with Gasteiger partial charge in [0.2, 0.25) is 11.9 Å². The van der Waals surface area contributed by atoms with Gasteiger partial charge in [-0.25, -0.2) is 4.98 Å². The van der Waals surface area contributed by atoms with Crippen molar-refractivity contribution < 1.29 is 27.5 Å². The number of halogens is 3. The number of likely N-dealkylation sites (tertiary alicyclic amines) is 1. The highest BCUT2D eigenvalue weighted by Gasteiger charge is 2.38. The lowest BCUT2D eigenvalue weighted by Gasteiger charge is -2.35. The van der Waals surface area contributed by atoms with Crippen LogP contribution in [0, 0.1) is 5.92 Å². The Morgan fingerprint density at radius 1 is 0.977 bits per heavy atom. The van der Waals surface area contributed by atoms with Crippen molar-refractivity contribution >= 4 is 29.3 Å². The normalized spacial score (nSPS) is 21.9. The number of nitrogens with zero attached hydrogens (tertiary/aromatic N) is 3. The molecule has 4 N–H and O–H groups in total. The summed E-state index contributed by atoms with van der Waals surface area (Å²) in [6.45, 7) is 1.83. The summed E-state index contributed by atoms with van der Waals surface area (Å²) in [6, 6.07) is 4.21. The summed E-state index contributed by atoms with van der Waals surface area (Å²) < 4.78 is 47.4. The van der Waals surface area contributed by atoms with Gasteiger partial charge in [0.15, 0.2) is 0 Å². The molecule has 1 aromatic carbocycles. The summed E-state index contributed by atoms with van der Waals surface area (Å²) in [5, 5.41) is 12.1. The molecule has 0 bridgehead atoms. The monoisotopic (exact) mass is 603 g/mol. The summed E-state index contributed by atoms with van der Waals surface area (Å²) in [4.78, 5) is 35.9. The Labute approximate surface area is 249 Å². The van der Waals surface area contributed by atoms with Crippen molar-refractivity contribution in [1.29, 1.82) is 0 Å². The number of nitrogens with one attached hydrogen (secondary N) is 4. The molecule has 2 aromatic rings. The van der Waals surface area contributed by atoms with Crippen molar-refractivity contribution in [2.75, 3.05) is 37.9 Å². The fourth-order valence-electron chi connectivity index (χ4n) is 5.86. The quantitative estimate of drug-likeness (QED) is 0.325. The lowest BCUT2D eigenvalue weighted by atomic mass is 9.83. The Morgan fingerprint density at radius 2 is 1.70 bits per heavy atom. The summed E-state index contributed by atoms with van der Waals surface area (Å²) in [6.07, 6.45) is 3.55. The second-order valence-corrected chi connectivity index (χ2v) is 11.8. The molecule has 3 fully saturated rings. The maximum Gasteiger partial charge on any atom is 0.421 e. The molecule has 1 saturated heterocycles. The van der Waals surface area contributed by atoms with Crippen LogP contribution in [0.25, 0.3) is 0 Å². The summed E-state index contributed by atoms with van der Waals surface area (Å²) >= 11 is 0. The molecule has 1 aromatic heterocycles. The SMILES string of the molecule is COc1cc(C(=O)NC2CCN(C)CC2)ccc1Nc1ncc(C(F)(F)F)c(N[C@@H]2CCCC[C@H]2NC(=O)C2CCC2)n1. The third-order valence-electron chi connectivity index (χ3n) is 8.75. The maximum absolute atomic E-state index is 14.0. The van der Waals surface area contributed by atoms with Crippen LogP contribution in [0.2, 0.25) is 0 Å². The van der Waals surface area contributed by atoms with Crippen molar-refractivity contribution in [3.05, 3.63) is 35.5 Å². The van der Waals surface area contributed by atoms with Crippen molar-refractivity contribution in [3.8, 4) is 5.75 Å². The van der Waals surface area contributed by atoms with Gasteiger partial charge in [-0.3, -0.25) is 9.59 Å². The Balaban J connectivity index is 1.32. The topological polar surface area (TPSA) is 121 Å². The fourth-order valence-corrected chi connectivity index (χ4v) is 5.86. The number of methoxy groups -OCH3 is 1. The highest BCUT2D eigenvalue weighted by molar-refractivity contribution is 5.95. The van der Waals surface area contributed by atoms with Gasteiger partial charge < -0.3 is 30.9 Å². The van der Waals surface area contributed by atoms with Crippen molar-refractivity contribution in [2.24, 2.45) is 5.92 Å². The van der Waals surface area contributed by atoms with Crippen LogP contribution in [-0.4, -0.2) is 72.1 Å². The number of aromatic nitrogens is 2. The number of ether oxygens (including phenoxy) is 1. The van der Waals surface area contributed by atoms with Gasteiger partial charge in [0.25, 0.3) is 5.91 Å². The Bertz CT molecular complexity index is 1300. The highest BCUT2D eigenvalue weighted by atomic mass is 19.4. The molecule has 0 radical (unpaired) electrons. The standard InChI is InChI=1S/C30H40F3N7O3/c1-40-14-12-20(13-15-40)35-28(42)19-10-11-24(25(16-19)43-2)38-29-34-17-21(30(31,32)33)26(39-29)36-22-8-3-4-9-23(22)37-27(41)18-6-5-7-18/h10-11,16-18,20,22-23H,3-9,12-15H2,1-2H3,(H,35,42)(H,37,41)(H2,34,36,38,39)/t22-,23-/m1/s1. The molecule has 2 aliphatic carbocycles. The highest BCUT2D eigenvalue weighted by Crippen LogP contribution is 2.36. The molecule has 234 valence electrons. The van der Waals surface area contributed by atoms with Gasteiger partial charge in [-0.1, -0.05) is 19.3 Å². The van der Waals surface area contributed by atoms with Crippen LogP contribution >= 0.6 is 0 Å². The smallest absolute Gasteiger partial charge is 0.421 e. The molecule has 5 rings (SSSR count). The summed E-state index contributed by atoms with van der Waals surface area (Å²) in [5.74, 6) is -0.356. The number of benzene rings is 1. The zero-order valence-corrected chi connectivity index (χ0v) is 24.6. The van der Waals surface area contributed by atoms with Crippen molar-refractivity contribution in [1.82, 2.24) is 25.5 Å². The van der Waals surface area contributed by atoms with Crippen molar-refractivity contribution in [3.63, 3.8) is 0 Å². The Hall–Kier alpha value is -3.61. The molecule has 1 aliphatic heterocycles. The van der Waals surface area contributed by atoms with Crippen LogP contribution in [0.3, 0.4) is 0 Å². The Morgan fingerprint density at radius 3 is 2.35 bits per heavy atom. The average Bonchev–Trinajstić information content (AvgIpc) is 2.94. The molecular formula is C30H40F3N7O3. The van der Waals surface area contributed by atoms with E-state index >= 15 is 0 Å². The van der Waals surface area contributed by atoms with E-state index in [0.717, 1.165) is 64.2 Å². The van der Waals surface area contributed by atoms with Gasteiger partial charge >= 0.3 is 6.18 Å². The minimum atomic E-state index is -4.68. The number of hydrogen-bond acceptors (Lipinski definition) is 8. The minimum absolute atomic E-state index is 0.00936. The number of alkyl halides is 3. The third kappa shape index (κ3) is 7.67. The lowest BCUT2D eigenvalue weighted by molar-refractivity contribution is -0.137. The van der Waals surface area contributed by atoms with E-state index in [1.165, 1.54) is 7.11 Å². The number of rotatable bonds is 9. The first-order valence-electron chi connectivity index (χ1n) is 15.1. The third-order valence-corrected chi connectivity index (χ3v) is 8.75. The number of carbonyl (C=O) groups excluding carboxylic acids is 2. The van der Waals surface area contributed by atoms with Crippen LogP contribution in [0.4, 0.5) is 30.6 Å². The molecule has 43 heavy (non-hydrogen) atoms. The number of hydrogen-bond donors (Lipinski definition) is 4. The Kier molecular flexibility index (Phi) is 9.58. The van der Waals surface area contributed by atoms with Crippen LogP contribution < -0.4 is 26.0 Å². The zero-order chi connectivity index (χ0) is 30.6. The summed E-state index contributed by atoms with van der Waals surface area (Å²) in [7, 11) is 3.50. The molecule has 10 nitrogen and oxygen atoms in total. The van der Waals surface area contributed by atoms with Gasteiger partial charge in [0, 0.05) is 35.8 Å². The molecule has 2 amide bonds. The lowest BCUT2D eigenvalue weighted by Crippen LogP contribution is -2.51. The predicted molar refractivity (Wildman–Crippen MR) is 156 cm³/mol. The number of amides is 2. The second kappa shape index (κ2) is 13.4. The van der Waals surface area contributed by atoms with E-state index in [2.05, 4.69) is 43.2 Å². The molecule has 0 unspecified atom stereocenters. The van der Waals surface area contributed by atoms with Gasteiger partial charge in [-0.15, -0.1) is 0 Å². The molecule has 0 spiro atoms. The van der Waals surface area contributed by atoms with E-state index in [0.29, 0.717) is 29.8 Å². The van der Waals surface area contributed by atoms with E-state index in [1.54, 1.807) is 18.2 Å². The molecule has 3 aliphatic rings. The van der Waals surface area contributed by atoms with Crippen LogP contribution in [-0.2, 0) is 11.0 Å². The minimum Gasteiger partial charge on any atom is -0.495 e. The van der Waals surface area contributed by atoms with Gasteiger partial charge in [-0.2, -0.15) is 18.2 Å². The van der Waals surface area contributed by atoms with E-state index in [9.17, 15) is 22.8 Å². The van der Waals surface area contributed by atoms with Crippen LogP contribution in [0.1, 0.15) is 73.7 Å². The van der Waals surface area contributed by atoms with Gasteiger partial charge in [0.05, 0.1) is 12.8 Å². The molecule has 2 heterocycles. The van der Waals surface area contributed by atoms with E-state index in [1.807, 2.05) is 0 Å². The van der Waals surface area contributed by atoms with Crippen molar-refractivity contribution in [2.45, 2.75) is 82.1 Å². The second-order valence-electron chi connectivity index (χ2n) is 11.8. The molecule has 2 atom stereocenters. The first-order valence-corrected chi connectivity index (χ1v) is 15.1. The number of carbonyl (C=O) groups is 2. The molecule has 13 heteroatoms. The van der Waals surface area contributed by atoms with E-state index in [4.69, 9.17) is 4.74 Å². The first kappa shape index (κ1) is 30.8. The number of piperidine rings is 1. The van der Waals surface area contributed by atoms with E-state index < -0.39 is 17.8 Å². The van der Waals surface area contributed by atoms with E-state index in [-0.39, 0.29) is 41.6 Å². The summed E-state index contributed by atoms with van der Waals surface area (Å²) in [5.41, 5.74) is -0.183. The average molecular weight is 604 g/mol. The predicted octanol–water partition coefficient (Wildman–Crippen LogP) is 4.71. The number of anilines is 3. The van der Waals surface area contributed by atoms with Gasteiger partial charge in [-0.05, 0) is 76.9 Å². The molecule has 2 saturated carbocycles. The zero-order valence-electron chi connectivity index (χ0n) is 24.6. The fraction of sp³-hybridized carbons (Fsp3) is 0.600.